The second-order valence-corrected chi connectivity index (χ2v) is 10.4. The molecule has 0 aromatic heterocycles. The molecule has 2 rings (SSSR count). The van der Waals surface area contributed by atoms with Crippen molar-refractivity contribution < 1.29 is 22.4 Å². The quantitative estimate of drug-likeness (QED) is 0.508. The van der Waals surface area contributed by atoms with Crippen molar-refractivity contribution in [1.29, 1.82) is 0 Å². The van der Waals surface area contributed by atoms with Gasteiger partial charge in [0.15, 0.2) is 0 Å². The molecule has 0 spiro atoms. The van der Waals surface area contributed by atoms with Crippen molar-refractivity contribution in [2.24, 2.45) is 0 Å². The van der Waals surface area contributed by atoms with Crippen molar-refractivity contribution in [3.8, 4) is 0 Å². The van der Waals surface area contributed by atoms with Gasteiger partial charge in [-0.25, -0.2) is 8.70 Å². The number of amides is 2. The number of nitrogens with zero attached hydrogens (tertiary/aromatic N) is 3. The molecule has 2 aromatic carbocycles. The van der Waals surface area contributed by atoms with Crippen LogP contribution in [0.1, 0.15) is 18.9 Å². The van der Waals surface area contributed by atoms with Crippen LogP contribution < -0.4 is 9.62 Å². The first-order valence-corrected chi connectivity index (χ1v) is 12.5. The largest absolute Gasteiger partial charge is 0.357 e. The number of carbonyl (C=O) groups excluding carboxylic acids is 2. The Hall–Kier alpha value is -2.40. The Morgan fingerprint density at radius 3 is 2.09 bits per heavy atom. The van der Waals surface area contributed by atoms with Crippen LogP contribution in [0.5, 0.6) is 0 Å². The van der Waals surface area contributed by atoms with Crippen molar-refractivity contribution in [2.45, 2.75) is 25.9 Å². The van der Waals surface area contributed by atoms with Crippen LogP contribution in [0.25, 0.3) is 0 Å². The Labute approximate surface area is 209 Å². The summed E-state index contributed by atoms with van der Waals surface area (Å²) in [5.74, 6) is -1.65. The molecule has 186 valence electrons. The van der Waals surface area contributed by atoms with Gasteiger partial charge < -0.3 is 10.2 Å². The summed E-state index contributed by atoms with van der Waals surface area (Å²) in [6.07, 6.45) is 0.254. The van der Waals surface area contributed by atoms with Gasteiger partial charge in [0.2, 0.25) is 11.8 Å². The fraction of sp³-hybridized carbons (Fsp3) is 0.364. The molecule has 12 heteroatoms. The van der Waals surface area contributed by atoms with Gasteiger partial charge in [0.05, 0.1) is 5.69 Å². The Morgan fingerprint density at radius 2 is 1.62 bits per heavy atom. The minimum Gasteiger partial charge on any atom is -0.357 e. The molecule has 8 nitrogen and oxygen atoms in total. The van der Waals surface area contributed by atoms with E-state index in [-0.39, 0.29) is 18.7 Å². The first-order valence-electron chi connectivity index (χ1n) is 10.3. The topological polar surface area (TPSA) is 90.0 Å². The molecule has 0 unspecified atom stereocenters. The zero-order valence-electron chi connectivity index (χ0n) is 19.3. The zero-order chi connectivity index (χ0) is 25.6. The number of benzene rings is 2. The van der Waals surface area contributed by atoms with Crippen LogP contribution in [0.4, 0.5) is 10.1 Å². The van der Waals surface area contributed by atoms with E-state index >= 15 is 0 Å². The summed E-state index contributed by atoms with van der Waals surface area (Å²) >= 11 is 12.6. The second-order valence-electron chi connectivity index (χ2n) is 7.53. The molecule has 2 amide bonds. The number of rotatable bonds is 10. The van der Waals surface area contributed by atoms with E-state index in [1.807, 2.05) is 0 Å². The molecular formula is C22H27Cl2FN4O4S. The average molecular weight is 533 g/mol. The van der Waals surface area contributed by atoms with E-state index in [0.29, 0.717) is 15.6 Å². The maximum Gasteiger partial charge on any atom is 0.304 e. The number of halogens is 3. The highest BCUT2D eigenvalue weighted by molar-refractivity contribution is 7.90. The normalized spacial score (nSPS) is 12.4. The van der Waals surface area contributed by atoms with Crippen molar-refractivity contribution in [1.82, 2.24) is 14.5 Å². The van der Waals surface area contributed by atoms with E-state index in [1.165, 1.54) is 38.2 Å². The van der Waals surface area contributed by atoms with E-state index in [2.05, 4.69) is 5.32 Å². The number of likely N-dealkylation sites (N-methyl/N-ethyl adjacent to an activating group) is 1. The van der Waals surface area contributed by atoms with E-state index in [1.54, 1.807) is 25.1 Å². The van der Waals surface area contributed by atoms with Crippen LogP contribution in [0.15, 0.2) is 42.5 Å². The van der Waals surface area contributed by atoms with Gasteiger partial charge in [-0.3, -0.25) is 9.59 Å². The highest BCUT2D eigenvalue weighted by atomic mass is 35.5. The van der Waals surface area contributed by atoms with Crippen LogP contribution >= 0.6 is 23.2 Å². The zero-order valence-corrected chi connectivity index (χ0v) is 21.6. The van der Waals surface area contributed by atoms with Crippen molar-refractivity contribution in [2.75, 3.05) is 32.0 Å². The number of nitrogens with one attached hydrogen (secondary N) is 1. The van der Waals surface area contributed by atoms with Crippen LogP contribution in [0.2, 0.25) is 10.0 Å². The summed E-state index contributed by atoms with van der Waals surface area (Å²) in [4.78, 5) is 27.4. The number of carbonyl (C=O) groups is 2. The van der Waals surface area contributed by atoms with Gasteiger partial charge >= 0.3 is 10.2 Å². The molecule has 1 N–H and O–H groups in total. The molecule has 0 bridgehead atoms. The summed E-state index contributed by atoms with van der Waals surface area (Å²) in [5, 5.41) is 3.12. The highest BCUT2D eigenvalue weighted by Crippen LogP contribution is 2.28. The van der Waals surface area contributed by atoms with E-state index < -0.39 is 40.4 Å². The van der Waals surface area contributed by atoms with Gasteiger partial charge in [0.25, 0.3) is 0 Å². The third kappa shape index (κ3) is 6.38. The molecule has 2 aromatic rings. The van der Waals surface area contributed by atoms with Crippen LogP contribution in [0.3, 0.4) is 0 Å². The fourth-order valence-corrected chi connectivity index (χ4v) is 4.84. The Kier molecular flexibility index (Phi) is 9.69. The number of hydrogen-bond donors (Lipinski definition) is 1. The lowest BCUT2D eigenvalue weighted by molar-refractivity contribution is -0.140. The van der Waals surface area contributed by atoms with Gasteiger partial charge in [0, 0.05) is 43.3 Å². The molecule has 0 fully saturated rings. The van der Waals surface area contributed by atoms with Gasteiger partial charge in [-0.2, -0.15) is 12.7 Å². The summed E-state index contributed by atoms with van der Waals surface area (Å²) < 4.78 is 41.3. The molecular weight excluding hydrogens is 506 g/mol. The number of anilines is 1. The van der Waals surface area contributed by atoms with E-state index in [4.69, 9.17) is 23.2 Å². The Bertz CT molecular complexity index is 1110. The summed E-state index contributed by atoms with van der Waals surface area (Å²) in [5.41, 5.74) is 0.512. The average Bonchev–Trinajstić information content (AvgIpc) is 2.79. The summed E-state index contributed by atoms with van der Waals surface area (Å²) in [7, 11) is -0.0620. The SMILES string of the molecule is CC[C@H](C(=O)NC)N(Cc1c(Cl)cccc1Cl)C(=O)CN(c1ccc(F)cc1)S(=O)(=O)N(C)C. The van der Waals surface area contributed by atoms with Crippen LogP contribution in [-0.4, -0.2) is 63.2 Å². The standard InChI is InChI=1S/C22H27Cl2FN4O4S/c1-5-20(22(31)26-2)28(13-17-18(23)7-6-8-19(17)24)21(30)14-29(34(32,33)27(3)4)16-11-9-15(25)10-12-16/h6-12,20H,5,13-14H2,1-4H3,(H,26,31)/t20-/m1/s1. The molecule has 0 aliphatic heterocycles. The first kappa shape index (κ1) is 27.8. The molecule has 0 radical (unpaired) electrons. The molecule has 0 heterocycles. The van der Waals surface area contributed by atoms with Crippen molar-refractivity contribution in [3.63, 3.8) is 0 Å². The maximum absolute atomic E-state index is 13.6. The minimum absolute atomic E-state index is 0.0900. The summed E-state index contributed by atoms with van der Waals surface area (Å²) in [6, 6.07) is 8.65. The van der Waals surface area contributed by atoms with Crippen molar-refractivity contribution in [3.05, 3.63) is 63.9 Å². The molecule has 0 aliphatic rings. The lowest BCUT2D eigenvalue weighted by Gasteiger charge is -2.34. The fourth-order valence-electron chi connectivity index (χ4n) is 3.26. The Morgan fingerprint density at radius 1 is 1.06 bits per heavy atom. The van der Waals surface area contributed by atoms with Gasteiger partial charge in [-0.1, -0.05) is 36.2 Å². The smallest absolute Gasteiger partial charge is 0.304 e. The predicted octanol–water partition coefficient (Wildman–Crippen LogP) is 3.30. The first-order chi connectivity index (χ1) is 15.9. The maximum atomic E-state index is 13.6. The van der Waals surface area contributed by atoms with Crippen molar-refractivity contribution >= 4 is 50.9 Å². The third-order valence-electron chi connectivity index (χ3n) is 5.16. The second kappa shape index (κ2) is 11.8. The van der Waals surface area contributed by atoms with Gasteiger partial charge in [-0.05, 0) is 42.8 Å². The molecule has 0 aliphatic carbocycles. The molecule has 1 atom stereocenters. The highest BCUT2D eigenvalue weighted by Gasteiger charge is 2.34. The minimum atomic E-state index is -4.14. The molecule has 0 saturated carbocycles. The lowest BCUT2D eigenvalue weighted by Crippen LogP contribution is -2.53. The van der Waals surface area contributed by atoms with Gasteiger partial charge in [-0.15, -0.1) is 0 Å². The predicted molar refractivity (Wildman–Crippen MR) is 132 cm³/mol. The molecule has 34 heavy (non-hydrogen) atoms. The van der Waals surface area contributed by atoms with Crippen LogP contribution in [0, 0.1) is 5.82 Å². The number of hydrogen-bond acceptors (Lipinski definition) is 4. The van der Waals surface area contributed by atoms with Crippen LogP contribution in [-0.2, 0) is 26.3 Å². The summed E-state index contributed by atoms with van der Waals surface area (Å²) in [6.45, 7) is 0.965. The van der Waals surface area contributed by atoms with E-state index in [0.717, 1.165) is 20.7 Å². The Balaban J connectivity index is 2.54. The molecule has 0 saturated heterocycles. The van der Waals surface area contributed by atoms with Gasteiger partial charge in [0.1, 0.15) is 18.4 Å². The third-order valence-corrected chi connectivity index (χ3v) is 7.68. The monoisotopic (exact) mass is 532 g/mol. The van der Waals surface area contributed by atoms with E-state index in [9.17, 15) is 22.4 Å². The lowest BCUT2D eigenvalue weighted by atomic mass is 10.1.